The minimum absolute atomic E-state index is 0.391. The maximum Gasteiger partial charge on any atom is 0.250 e. The summed E-state index contributed by atoms with van der Waals surface area (Å²) in [5.74, 6) is 2.38. The fourth-order valence-corrected chi connectivity index (χ4v) is 3.83. The SMILES string of the molecule is C(=N\Nc1nc(N2CCOCC2)nc(N2CCOCC2)n1)/c1ccccc1OCc1ccccc1. The third kappa shape index (κ3) is 6.23. The molecule has 0 radical (unpaired) electrons. The highest BCUT2D eigenvalue weighted by Gasteiger charge is 2.20. The van der Waals surface area contributed by atoms with E-state index in [-0.39, 0.29) is 0 Å². The Bertz CT molecular complexity index is 1080. The number of aromatic nitrogens is 3. The third-order valence-electron chi connectivity index (χ3n) is 5.72. The molecule has 0 bridgehead atoms. The molecule has 2 aliphatic rings. The Morgan fingerprint density at radius 3 is 2.06 bits per heavy atom. The van der Waals surface area contributed by atoms with E-state index < -0.39 is 0 Å². The van der Waals surface area contributed by atoms with Crippen LogP contribution in [-0.4, -0.2) is 73.8 Å². The van der Waals surface area contributed by atoms with Gasteiger partial charge in [-0.15, -0.1) is 0 Å². The van der Waals surface area contributed by atoms with Crippen LogP contribution in [0.1, 0.15) is 11.1 Å². The molecule has 0 saturated carbocycles. The predicted octanol–water partition coefficient (Wildman–Crippen LogP) is 2.57. The number of nitrogens with one attached hydrogen (secondary N) is 1. The minimum Gasteiger partial charge on any atom is -0.488 e. The average molecular weight is 476 g/mol. The highest BCUT2D eigenvalue weighted by Crippen LogP contribution is 2.20. The number of anilines is 3. The van der Waals surface area contributed by atoms with Crippen molar-refractivity contribution in [2.45, 2.75) is 6.61 Å². The minimum atomic E-state index is 0.391. The van der Waals surface area contributed by atoms with Crippen molar-refractivity contribution < 1.29 is 14.2 Å². The van der Waals surface area contributed by atoms with Crippen LogP contribution < -0.4 is 20.0 Å². The summed E-state index contributed by atoms with van der Waals surface area (Å²) in [6, 6.07) is 17.9. The molecule has 182 valence electrons. The van der Waals surface area contributed by atoms with E-state index in [1.165, 1.54) is 0 Å². The molecular weight excluding hydrogens is 446 g/mol. The van der Waals surface area contributed by atoms with Crippen molar-refractivity contribution in [3.05, 3.63) is 65.7 Å². The average Bonchev–Trinajstić information content (AvgIpc) is 2.94. The number of morpholine rings is 2. The van der Waals surface area contributed by atoms with Gasteiger partial charge in [-0.1, -0.05) is 42.5 Å². The second-order valence-electron chi connectivity index (χ2n) is 8.14. The lowest BCUT2D eigenvalue weighted by molar-refractivity contribution is 0.121. The largest absolute Gasteiger partial charge is 0.488 e. The first-order valence-corrected chi connectivity index (χ1v) is 11.8. The number of ether oxygens (including phenoxy) is 3. The summed E-state index contributed by atoms with van der Waals surface area (Å²) in [4.78, 5) is 18.2. The number of rotatable bonds is 8. The van der Waals surface area contributed by atoms with Crippen LogP contribution in [0, 0.1) is 0 Å². The molecule has 2 aliphatic heterocycles. The van der Waals surface area contributed by atoms with Gasteiger partial charge in [0.2, 0.25) is 17.8 Å². The molecule has 0 aliphatic carbocycles. The molecule has 0 atom stereocenters. The molecule has 0 amide bonds. The molecule has 3 heterocycles. The highest BCUT2D eigenvalue weighted by atomic mass is 16.5. The van der Waals surface area contributed by atoms with Crippen LogP contribution in [0.3, 0.4) is 0 Å². The van der Waals surface area contributed by atoms with Gasteiger partial charge in [-0.25, -0.2) is 5.43 Å². The molecule has 2 fully saturated rings. The Morgan fingerprint density at radius 1 is 0.800 bits per heavy atom. The molecule has 1 aromatic heterocycles. The Kier molecular flexibility index (Phi) is 7.61. The molecule has 3 aromatic rings. The highest BCUT2D eigenvalue weighted by molar-refractivity contribution is 5.83. The molecule has 10 nitrogen and oxygen atoms in total. The topological polar surface area (TPSA) is 97.2 Å². The Balaban J connectivity index is 1.31. The van der Waals surface area contributed by atoms with Crippen LogP contribution in [0.2, 0.25) is 0 Å². The Morgan fingerprint density at radius 2 is 1.40 bits per heavy atom. The molecule has 0 unspecified atom stereocenters. The summed E-state index contributed by atoms with van der Waals surface area (Å²) >= 11 is 0. The Labute approximate surface area is 204 Å². The number of hydrazone groups is 1. The zero-order valence-electron chi connectivity index (χ0n) is 19.5. The smallest absolute Gasteiger partial charge is 0.250 e. The quantitative estimate of drug-likeness (QED) is 0.389. The monoisotopic (exact) mass is 475 g/mol. The molecule has 2 aromatic carbocycles. The van der Waals surface area contributed by atoms with Crippen LogP contribution in [-0.2, 0) is 16.1 Å². The van der Waals surface area contributed by atoms with Gasteiger partial charge < -0.3 is 24.0 Å². The van der Waals surface area contributed by atoms with Crippen molar-refractivity contribution in [2.75, 3.05) is 67.8 Å². The van der Waals surface area contributed by atoms with Gasteiger partial charge in [-0.05, 0) is 17.7 Å². The van der Waals surface area contributed by atoms with E-state index in [0.29, 0.717) is 50.9 Å². The van der Waals surface area contributed by atoms with E-state index in [1.807, 2.05) is 54.6 Å². The normalized spacial score (nSPS) is 16.5. The lowest BCUT2D eigenvalue weighted by atomic mass is 10.2. The van der Waals surface area contributed by atoms with Crippen molar-refractivity contribution in [1.29, 1.82) is 0 Å². The number of hydrogen-bond acceptors (Lipinski definition) is 10. The van der Waals surface area contributed by atoms with Crippen LogP contribution in [0.15, 0.2) is 59.7 Å². The molecule has 2 saturated heterocycles. The fraction of sp³-hybridized carbons (Fsp3) is 0.360. The maximum absolute atomic E-state index is 6.03. The van der Waals surface area contributed by atoms with E-state index in [0.717, 1.165) is 43.1 Å². The standard InChI is InChI=1S/C25H29N7O3/c1-2-6-20(7-3-1)19-35-22-9-5-4-8-21(22)18-26-30-23-27-24(31-10-14-33-15-11-31)29-25(28-23)32-12-16-34-17-13-32/h1-9,18H,10-17,19H2,(H,27,28,29,30)/b26-18+. The fourth-order valence-electron chi connectivity index (χ4n) is 3.83. The van der Waals surface area contributed by atoms with E-state index in [1.54, 1.807) is 6.21 Å². The molecule has 0 spiro atoms. The van der Waals surface area contributed by atoms with Gasteiger partial charge in [-0.3, -0.25) is 0 Å². The van der Waals surface area contributed by atoms with Crippen LogP contribution in [0.4, 0.5) is 17.8 Å². The van der Waals surface area contributed by atoms with Gasteiger partial charge >= 0.3 is 0 Å². The van der Waals surface area contributed by atoms with Gasteiger partial charge in [-0.2, -0.15) is 20.1 Å². The second-order valence-corrected chi connectivity index (χ2v) is 8.14. The maximum atomic E-state index is 6.03. The van der Waals surface area contributed by atoms with Crippen molar-refractivity contribution in [2.24, 2.45) is 5.10 Å². The van der Waals surface area contributed by atoms with E-state index in [2.05, 4.69) is 30.3 Å². The zero-order valence-corrected chi connectivity index (χ0v) is 19.5. The van der Waals surface area contributed by atoms with E-state index in [4.69, 9.17) is 19.2 Å². The molecular formula is C25H29N7O3. The van der Waals surface area contributed by atoms with Crippen LogP contribution in [0.25, 0.3) is 0 Å². The zero-order chi connectivity index (χ0) is 23.7. The number of benzene rings is 2. The number of nitrogens with zero attached hydrogens (tertiary/aromatic N) is 6. The van der Waals surface area contributed by atoms with Gasteiger partial charge in [0.15, 0.2) is 0 Å². The van der Waals surface area contributed by atoms with E-state index >= 15 is 0 Å². The van der Waals surface area contributed by atoms with Crippen LogP contribution >= 0.6 is 0 Å². The van der Waals surface area contributed by atoms with Crippen molar-refractivity contribution in [3.8, 4) is 5.75 Å². The lowest BCUT2D eigenvalue weighted by Crippen LogP contribution is -2.40. The van der Waals surface area contributed by atoms with Gasteiger partial charge in [0, 0.05) is 31.7 Å². The van der Waals surface area contributed by atoms with Crippen molar-refractivity contribution >= 4 is 24.1 Å². The molecule has 35 heavy (non-hydrogen) atoms. The van der Waals surface area contributed by atoms with E-state index in [9.17, 15) is 0 Å². The summed E-state index contributed by atoms with van der Waals surface area (Å²) in [6.07, 6.45) is 1.72. The van der Waals surface area contributed by atoms with Crippen LogP contribution in [0.5, 0.6) is 5.75 Å². The molecule has 5 rings (SSSR count). The van der Waals surface area contributed by atoms with Gasteiger partial charge in [0.25, 0.3) is 0 Å². The first kappa shape index (κ1) is 23.0. The van der Waals surface area contributed by atoms with Crippen molar-refractivity contribution in [1.82, 2.24) is 15.0 Å². The number of hydrogen-bond donors (Lipinski definition) is 1. The summed E-state index contributed by atoms with van der Waals surface area (Å²) < 4.78 is 17.0. The molecule has 1 N–H and O–H groups in total. The summed E-state index contributed by atoms with van der Waals surface area (Å²) in [7, 11) is 0. The first-order valence-electron chi connectivity index (χ1n) is 11.8. The van der Waals surface area contributed by atoms with Gasteiger partial charge in [0.1, 0.15) is 12.4 Å². The molecule has 10 heteroatoms. The Hall–Kier alpha value is -3.76. The number of para-hydroxylation sites is 1. The van der Waals surface area contributed by atoms with Gasteiger partial charge in [0.05, 0.1) is 32.6 Å². The second kappa shape index (κ2) is 11.6. The van der Waals surface area contributed by atoms with Crippen molar-refractivity contribution in [3.63, 3.8) is 0 Å². The summed E-state index contributed by atoms with van der Waals surface area (Å²) in [6.45, 7) is 6.04. The predicted molar refractivity (Wildman–Crippen MR) is 134 cm³/mol. The summed E-state index contributed by atoms with van der Waals surface area (Å²) in [5, 5.41) is 4.41. The lowest BCUT2D eigenvalue weighted by Gasteiger charge is -2.30. The third-order valence-corrected chi connectivity index (χ3v) is 5.72. The summed E-state index contributed by atoms with van der Waals surface area (Å²) in [5.41, 5.74) is 4.95. The first-order chi connectivity index (χ1) is 17.3.